The fraction of sp³-hybridized carbons (Fsp3) is 0.105. The van der Waals surface area contributed by atoms with Crippen LogP contribution in [0.2, 0.25) is 0 Å². The molecule has 3 aromatic rings. The average Bonchev–Trinajstić information content (AvgIpc) is 3.05. The van der Waals surface area contributed by atoms with Crippen LogP contribution < -0.4 is 21.5 Å². The Bertz CT molecular complexity index is 1100. The quantitative estimate of drug-likeness (QED) is 0.608. The molecular weight excluding hydrogens is 384 g/mol. The van der Waals surface area contributed by atoms with E-state index < -0.39 is 23.6 Å². The molecule has 5 N–H and O–H groups in total. The predicted molar refractivity (Wildman–Crippen MR) is 102 cm³/mol. The third-order valence-electron chi connectivity index (χ3n) is 4.20. The summed E-state index contributed by atoms with van der Waals surface area (Å²) in [5.74, 6) is -2.31. The number of ether oxygens (including phenoxy) is 1. The second kappa shape index (κ2) is 7.58. The molecule has 0 spiro atoms. The highest BCUT2D eigenvalue weighted by Crippen LogP contribution is 2.33. The number of hydrogen-bond donors (Lipinski definition) is 3. The van der Waals surface area contributed by atoms with Gasteiger partial charge in [0.25, 0.3) is 5.91 Å². The number of methoxy groups -OCH3 is 1. The number of aromatic nitrogens is 2. The molecular formula is C19H17F2N5O3. The van der Waals surface area contributed by atoms with Crippen LogP contribution in [0.4, 0.5) is 19.3 Å². The maximum absolute atomic E-state index is 14.4. The maximum atomic E-state index is 14.4. The summed E-state index contributed by atoms with van der Waals surface area (Å²) in [6.45, 7) is 1.67. The molecule has 0 radical (unpaired) electrons. The van der Waals surface area contributed by atoms with Crippen molar-refractivity contribution in [3.8, 4) is 22.6 Å². The normalized spacial score (nSPS) is 10.6. The Balaban J connectivity index is 2.05. The summed E-state index contributed by atoms with van der Waals surface area (Å²) in [6.07, 6.45) is 1.36. The van der Waals surface area contributed by atoms with Gasteiger partial charge < -0.3 is 21.5 Å². The van der Waals surface area contributed by atoms with E-state index >= 15 is 0 Å². The molecule has 1 heterocycles. The topological polar surface area (TPSA) is 125 Å². The van der Waals surface area contributed by atoms with Gasteiger partial charge in [0, 0.05) is 12.1 Å². The minimum absolute atomic E-state index is 0.0407. The zero-order valence-electron chi connectivity index (χ0n) is 15.5. The number of carbonyl (C=O) groups excluding carboxylic acids is 2. The van der Waals surface area contributed by atoms with Gasteiger partial charge in [0.1, 0.15) is 17.4 Å². The molecule has 0 aliphatic carbocycles. The molecule has 8 nitrogen and oxygen atoms in total. The molecule has 1 aromatic heterocycles. The van der Waals surface area contributed by atoms with Crippen LogP contribution in [0.5, 0.6) is 5.75 Å². The van der Waals surface area contributed by atoms with Crippen molar-refractivity contribution < 1.29 is 23.1 Å². The van der Waals surface area contributed by atoms with Gasteiger partial charge in [0.05, 0.1) is 30.2 Å². The first-order valence-electron chi connectivity index (χ1n) is 8.31. The number of hydrogen-bond acceptors (Lipinski definition) is 4. The summed E-state index contributed by atoms with van der Waals surface area (Å²) in [5.41, 5.74) is 11.4. The number of urea groups is 1. The molecule has 0 aliphatic rings. The van der Waals surface area contributed by atoms with E-state index in [1.165, 1.54) is 24.1 Å². The van der Waals surface area contributed by atoms with Crippen LogP contribution in [0.25, 0.3) is 16.8 Å². The smallest absolute Gasteiger partial charge is 0.316 e. The number of primary amides is 2. The van der Waals surface area contributed by atoms with E-state index in [2.05, 4.69) is 10.4 Å². The van der Waals surface area contributed by atoms with Gasteiger partial charge in [0.15, 0.2) is 5.69 Å². The predicted octanol–water partition coefficient (Wildman–Crippen LogP) is 2.72. The van der Waals surface area contributed by atoms with Crippen LogP contribution in [-0.2, 0) is 0 Å². The van der Waals surface area contributed by atoms with Gasteiger partial charge in [-0.2, -0.15) is 5.10 Å². The van der Waals surface area contributed by atoms with Crippen molar-refractivity contribution in [1.82, 2.24) is 9.78 Å². The van der Waals surface area contributed by atoms with Crippen LogP contribution in [0, 0.1) is 18.6 Å². The Morgan fingerprint density at radius 3 is 2.31 bits per heavy atom. The molecule has 2 aromatic carbocycles. The van der Waals surface area contributed by atoms with Crippen molar-refractivity contribution in [2.45, 2.75) is 6.92 Å². The number of amides is 3. The first kappa shape index (κ1) is 19.8. The van der Waals surface area contributed by atoms with E-state index in [4.69, 9.17) is 16.2 Å². The molecule has 10 heteroatoms. The molecule has 0 unspecified atom stereocenters. The lowest BCUT2D eigenvalue weighted by Crippen LogP contribution is -2.22. The van der Waals surface area contributed by atoms with E-state index in [0.717, 1.165) is 12.1 Å². The Morgan fingerprint density at radius 1 is 1.14 bits per heavy atom. The van der Waals surface area contributed by atoms with Crippen LogP contribution in [0.3, 0.4) is 0 Å². The van der Waals surface area contributed by atoms with Gasteiger partial charge in [-0.25, -0.2) is 18.3 Å². The van der Waals surface area contributed by atoms with Crippen LogP contribution >= 0.6 is 0 Å². The fourth-order valence-electron chi connectivity index (χ4n) is 2.91. The number of anilines is 1. The average molecular weight is 401 g/mol. The summed E-state index contributed by atoms with van der Waals surface area (Å²) < 4.78 is 35.0. The molecule has 29 heavy (non-hydrogen) atoms. The lowest BCUT2D eigenvalue weighted by atomic mass is 9.98. The van der Waals surface area contributed by atoms with Crippen molar-refractivity contribution in [3.63, 3.8) is 0 Å². The summed E-state index contributed by atoms with van der Waals surface area (Å²) in [4.78, 5) is 22.6. The van der Waals surface area contributed by atoms with Gasteiger partial charge in [0.2, 0.25) is 0 Å². The van der Waals surface area contributed by atoms with Crippen molar-refractivity contribution in [3.05, 3.63) is 59.4 Å². The largest absolute Gasteiger partial charge is 0.497 e. The Kier molecular flexibility index (Phi) is 5.18. The van der Waals surface area contributed by atoms with Gasteiger partial charge in [-0.1, -0.05) is 6.07 Å². The van der Waals surface area contributed by atoms with E-state index in [9.17, 15) is 18.4 Å². The summed E-state index contributed by atoms with van der Waals surface area (Å²) in [7, 11) is 1.32. The van der Waals surface area contributed by atoms with Crippen molar-refractivity contribution in [2.24, 2.45) is 11.5 Å². The highest BCUT2D eigenvalue weighted by molar-refractivity contribution is 6.00. The molecule has 0 saturated carbocycles. The number of halogens is 2. The van der Waals surface area contributed by atoms with Gasteiger partial charge in [-0.05, 0) is 30.2 Å². The van der Waals surface area contributed by atoms with Gasteiger partial charge in [-0.15, -0.1) is 0 Å². The van der Waals surface area contributed by atoms with Crippen LogP contribution in [-0.4, -0.2) is 28.8 Å². The van der Waals surface area contributed by atoms with Crippen molar-refractivity contribution in [2.75, 3.05) is 12.4 Å². The number of aryl methyl sites for hydroxylation is 1. The Morgan fingerprint density at radius 2 is 1.79 bits per heavy atom. The number of nitrogens with one attached hydrogen (secondary N) is 1. The second-order valence-corrected chi connectivity index (χ2v) is 6.15. The zero-order chi connectivity index (χ0) is 21.3. The standard InChI is InChI=1S/C19H17F2N5O3/c1-9-5-10(26-8-15(24-19(23)28)17(25-26)18(22)27)3-4-12(9)16-13(20)6-11(29-2)7-14(16)21/h3-8H,1-2H3,(H2,22,27)(H3,23,24,28). The highest BCUT2D eigenvalue weighted by Gasteiger charge is 2.19. The molecule has 0 fully saturated rings. The van der Waals surface area contributed by atoms with E-state index in [-0.39, 0.29) is 22.7 Å². The number of rotatable bonds is 5. The van der Waals surface area contributed by atoms with Crippen LogP contribution in [0.1, 0.15) is 16.1 Å². The van der Waals surface area contributed by atoms with Crippen LogP contribution in [0.15, 0.2) is 36.5 Å². The minimum Gasteiger partial charge on any atom is -0.497 e. The molecule has 0 atom stereocenters. The van der Waals surface area contributed by atoms with Crippen molar-refractivity contribution in [1.29, 1.82) is 0 Å². The Hall–Kier alpha value is -3.95. The number of nitrogens with two attached hydrogens (primary N) is 2. The first-order valence-corrected chi connectivity index (χ1v) is 8.31. The first-order chi connectivity index (χ1) is 13.7. The number of benzene rings is 2. The van der Waals surface area contributed by atoms with Crippen molar-refractivity contribution >= 4 is 17.6 Å². The minimum atomic E-state index is -0.885. The van der Waals surface area contributed by atoms with Gasteiger partial charge >= 0.3 is 6.03 Å². The molecule has 3 amide bonds. The third kappa shape index (κ3) is 3.86. The fourth-order valence-corrected chi connectivity index (χ4v) is 2.91. The summed E-state index contributed by atoms with van der Waals surface area (Å²) in [5, 5.41) is 6.31. The lowest BCUT2D eigenvalue weighted by molar-refractivity contribution is 0.0996. The van der Waals surface area contributed by atoms with E-state index in [1.807, 2.05) is 0 Å². The number of nitrogens with zero attached hydrogens (tertiary/aromatic N) is 2. The van der Waals surface area contributed by atoms with E-state index in [1.54, 1.807) is 19.1 Å². The molecule has 0 bridgehead atoms. The van der Waals surface area contributed by atoms with E-state index in [0.29, 0.717) is 16.8 Å². The monoisotopic (exact) mass is 401 g/mol. The number of carbonyl (C=O) groups is 2. The second-order valence-electron chi connectivity index (χ2n) is 6.15. The molecule has 0 aliphatic heterocycles. The molecule has 0 saturated heterocycles. The molecule has 150 valence electrons. The highest BCUT2D eigenvalue weighted by atomic mass is 19.1. The van der Waals surface area contributed by atoms with Gasteiger partial charge in [-0.3, -0.25) is 4.79 Å². The summed E-state index contributed by atoms with van der Waals surface area (Å²) in [6, 6.07) is 6.00. The molecule has 3 rings (SSSR count). The lowest BCUT2D eigenvalue weighted by Gasteiger charge is -2.12. The Labute approximate surface area is 164 Å². The maximum Gasteiger partial charge on any atom is 0.316 e. The third-order valence-corrected chi connectivity index (χ3v) is 4.20. The summed E-state index contributed by atoms with van der Waals surface area (Å²) >= 11 is 0. The zero-order valence-corrected chi connectivity index (χ0v) is 15.5. The SMILES string of the molecule is COc1cc(F)c(-c2ccc(-n3cc(NC(N)=O)c(C(N)=O)n3)cc2C)c(F)c1.